The maximum Gasteiger partial charge on any atom is 0.289 e. The highest BCUT2D eigenvalue weighted by molar-refractivity contribution is 9.10. The van der Waals surface area contributed by atoms with E-state index < -0.39 is 37.3 Å². The Morgan fingerprint density at radius 1 is 1.11 bits per heavy atom. The third kappa shape index (κ3) is 3.91. The van der Waals surface area contributed by atoms with Gasteiger partial charge < -0.3 is 4.90 Å². The smallest absolute Gasteiger partial charge is 0.289 e. The molecule has 1 fully saturated rings. The number of hydrogen-bond acceptors (Lipinski definition) is 5. The van der Waals surface area contributed by atoms with Crippen LogP contribution in [0.1, 0.15) is 10.4 Å². The van der Waals surface area contributed by atoms with Crippen molar-refractivity contribution in [1.82, 2.24) is 9.21 Å². The summed E-state index contributed by atoms with van der Waals surface area (Å²) in [6.07, 6.45) is 0. The van der Waals surface area contributed by atoms with E-state index in [9.17, 15) is 27.7 Å². The van der Waals surface area contributed by atoms with Crippen molar-refractivity contribution >= 4 is 37.5 Å². The first kappa shape index (κ1) is 20.4. The molecule has 0 saturated carbocycles. The van der Waals surface area contributed by atoms with Gasteiger partial charge in [-0.3, -0.25) is 14.9 Å². The highest BCUT2D eigenvalue weighted by Crippen LogP contribution is 2.27. The molecule has 3 rings (SSSR count). The fourth-order valence-electron chi connectivity index (χ4n) is 2.93. The Morgan fingerprint density at radius 3 is 2.39 bits per heavy atom. The molecule has 0 spiro atoms. The molecule has 0 aromatic heterocycles. The molecule has 1 saturated heterocycles. The minimum absolute atomic E-state index is 0.0459. The molecule has 11 heteroatoms. The van der Waals surface area contributed by atoms with Crippen LogP contribution in [0.3, 0.4) is 0 Å². The first-order valence-corrected chi connectivity index (χ1v) is 10.4. The van der Waals surface area contributed by atoms with Crippen LogP contribution < -0.4 is 0 Å². The molecule has 1 aliphatic rings. The number of nitro benzene ring substituents is 1. The standard InChI is InChI=1S/C17H15BrFN3O5S/c18-12-5-6-14(19)13(11-12)17(23)20-7-9-21(10-8-20)28(26,27)16-4-2-1-3-15(16)22(24)25/h1-6,11H,7-10H2. The van der Waals surface area contributed by atoms with E-state index in [-0.39, 0.29) is 31.7 Å². The van der Waals surface area contributed by atoms with Crippen molar-refractivity contribution < 1.29 is 22.5 Å². The molecule has 148 valence electrons. The lowest BCUT2D eigenvalue weighted by Gasteiger charge is -2.34. The molecule has 0 N–H and O–H groups in total. The van der Waals surface area contributed by atoms with Gasteiger partial charge in [0.05, 0.1) is 10.5 Å². The summed E-state index contributed by atoms with van der Waals surface area (Å²) in [5, 5.41) is 11.1. The number of para-hydroxylation sites is 1. The Balaban J connectivity index is 1.77. The fraction of sp³-hybridized carbons (Fsp3) is 0.235. The minimum atomic E-state index is -4.09. The van der Waals surface area contributed by atoms with Gasteiger partial charge in [-0.2, -0.15) is 4.31 Å². The van der Waals surface area contributed by atoms with Gasteiger partial charge in [-0.15, -0.1) is 0 Å². The largest absolute Gasteiger partial charge is 0.336 e. The van der Waals surface area contributed by atoms with E-state index in [2.05, 4.69) is 15.9 Å². The van der Waals surface area contributed by atoms with E-state index in [0.717, 1.165) is 10.4 Å². The maximum atomic E-state index is 13.9. The number of halogens is 2. The summed E-state index contributed by atoms with van der Waals surface area (Å²) in [5.41, 5.74) is -0.610. The number of piperazine rings is 1. The van der Waals surface area contributed by atoms with Gasteiger partial charge in [0.15, 0.2) is 4.90 Å². The lowest BCUT2D eigenvalue weighted by atomic mass is 10.1. The van der Waals surface area contributed by atoms with Gasteiger partial charge in [0.25, 0.3) is 11.6 Å². The number of hydrogen-bond donors (Lipinski definition) is 0. The topological polar surface area (TPSA) is 101 Å². The summed E-state index contributed by atoms with van der Waals surface area (Å²) >= 11 is 3.19. The average Bonchev–Trinajstić information content (AvgIpc) is 2.69. The van der Waals surface area contributed by atoms with Gasteiger partial charge in [-0.05, 0) is 24.3 Å². The second kappa shape index (κ2) is 7.94. The number of nitro groups is 1. The van der Waals surface area contributed by atoms with Crippen molar-refractivity contribution in [2.45, 2.75) is 4.90 Å². The van der Waals surface area contributed by atoms with Gasteiger partial charge in [0.1, 0.15) is 5.82 Å². The summed E-state index contributed by atoms with van der Waals surface area (Å²) in [7, 11) is -4.09. The van der Waals surface area contributed by atoms with Crippen LogP contribution in [-0.4, -0.2) is 54.6 Å². The van der Waals surface area contributed by atoms with Crippen LogP contribution in [0.2, 0.25) is 0 Å². The second-order valence-electron chi connectivity index (χ2n) is 6.05. The summed E-state index contributed by atoms with van der Waals surface area (Å²) in [4.78, 5) is 23.9. The van der Waals surface area contributed by atoms with E-state index in [1.54, 1.807) is 0 Å². The summed E-state index contributed by atoms with van der Waals surface area (Å²) < 4.78 is 41.2. The molecule has 28 heavy (non-hydrogen) atoms. The normalized spacial score (nSPS) is 15.4. The average molecular weight is 472 g/mol. The third-order valence-corrected chi connectivity index (χ3v) is 6.80. The molecule has 1 amide bonds. The molecule has 2 aromatic carbocycles. The Labute approximate surface area is 168 Å². The van der Waals surface area contributed by atoms with Gasteiger partial charge in [0.2, 0.25) is 10.0 Å². The first-order chi connectivity index (χ1) is 13.2. The second-order valence-corrected chi connectivity index (χ2v) is 8.87. The molecule has 1 aliphatic heterocycles. The Kier molecular flexibility index (Phi) is 5.77. The van der Waals surface area contributed by atoms with Gasteiger partial charge in [-0.25, -0.2) is 12.8 Å². The summed E-state index contributed by atoms with van der Waals surface area (Å²) in [6.45, 7) is 0.000778. The van der Waals surface area contributed by atoms with Crippen molar-refractivity contribution in [2.24, 2.45) is 0 Å². The monoisotopic (exact) mass is 471 g/mol. The predicted molar refractivity (Wildman–Crippen MR) is 102 cm³/mol. The van der Waals surface area contributed by atoms with Gasteiger partial charge >= 0.3 is 0 Å². The lowest BCUT2D eigenvalue weighted by Crippen LogP contribution is -2.50. The van der Waals surface area contributed by atoms with Crippen LogP contribution in [0, 0.1) is 15.9 Å². The van der Waals surface area contributed by atoms with Crippen molar-refractivity contribution in [1.29, 1.82) is 0 Å². The first-order valence-electron chi connectivity index (χ1n) is 8.19. The zero-order valence-corrected chi connectivity index (χ0v) is 16.8. The third-order valence-electron chi connectivity index (χ3n) is 4.36. The Hall–Kier alpha value is -2.37. The van der Waals surface area contributed by atoms with Crippen LogP contribution >= 0.6 is 15.9 Å². The van der Waals surface area contributed by atoms with Gasteiger partial charge in [0, 0.05) is 36.7 Å². The maximum absolute atomic E-state index is 13.9. The number of rotatable bonds is 4. The number of nitrogens with zero attached hydrogens (tertiary/aromatic N) is 3. The molecular weight excluding hydrogens is 457 g/mol. The molecule has 2 aromatic rings. The van der Waals surface area contributed by atoms with E-state index in [4.69, 9.17) is 0 Å². The number of carbonyl (C=O) groups is 1. The summed E-state index contributed by atoms with van der Waals surface area (Å²) in [6, 6.07) is 9.13. The molecule has 0 unspecified atom stereocenters. The van der Waals surface area contributed by atoms with E-state index in [1.165, 1.54) is 41.3 Å². The molecule has 8 nitrogen and oxygen atoms in total. The van der Waals surface area contributed by atoms with Crippen molar-refractivity contribution in [3.05, 3.63) is 68.4 Å². The van der Waals surface area contributed by atoms with E-state index in [1.807, 2.05) is 0 Å². The fourth-order valence-corrected chi connectivity index (χ4v) is 4.87. The molecule has 1 heterocycles. The van der Waals surface area contributed by atoms with Crippen molar-refractivity contribution in [3.8, 4) is 0 Å². The molecule has 0 radical (unpaired) electrons. The molecular formula is C17H15BrFN3O5S. The highest BCUT2D eigenvalue weighted by atomic mass is 79.9. The minimum Gasteiger partial charge on any atom is -0.336 e. The number of sulfonamides is 1. The van der Waals surface area contributed by atoms with E-state index in [0.29, 0.717) is 4.47 Å². The van der Waals surface area contributed by atoms with Crippen LogP contribution in [0.4, 0.5) is 10.1 Å². The predicted octanol–water partition coefficient (Wildman–Crippen LogP) is 2.64. The summed E-state index contributed by atoms with van der Waals surface area (Å²) in [5.74, 6) is -1.20. The zero-order chi connectivity index (χ0) is 20.5. The molecule has 0 aliphatic carbocycles. The van der Waals surface area contributed by atoms with Crippen LogP contribution in [0.15, 0.2) is 51.8 Å². The Morgan fingerprint density at radius 2 is 1.75 bits per heavy atom. The quantitative estimate of drug-likeness (QED) is 0.503. The Bertz CT molecular complexity index is 1040. The number of amides is 1. The lowest BCUT2D eigenvalue weighted by molar-refractivity contribution is -0.387. The van der Waals surface area contributed by atoms with E-state index >= 15 is 0 Å². The number of carbonyl (C=O) groups excluding carboxylic acids is 1. The van der Waals surface area contributed by atoms with Crippen molar-refractivity contribution in [3.63, 3.8) is 0 Å². The van der Waals surface area contributed by atoms with Crippen molar-refractivity contribution in [2.75, 3.05) is 26.2 Å². The highest BCUT2D eigenvalue weighted by Gasteiger charge is 2.34. The van der Waals surface area contributed by atoms with Crippen LogP contribution in [0.5, 0.6) is 0 Å². The van der Waals surface area contributed by atoms with Crippen LogP contribution in [0.25, 0.3) is 0 Å². The molecule has 0 bridgehead atoms. The van der Waals surface area contributed by atoms with Gasteiger partial charge in [-0.1, -0.05) is 28.1 Å². The van der Waals surface area contributed by atoms with Crippen LogP contribution in [-0.2, 0) is 10.0 Å². The molecule has 0 atom stereocenters. The SMILES string of the molecule is O=C(c1cc(Br)ccc1F)N1CCN(S(=O)(=O)c2ccccc2[N+](=O)[O-])CC1. The zero-order valence-electron chi connectivity index (χ0n) is 14.4. The number of benzene rings is 2.